The molecule has 2 rings (SSSR count). The van der Waals surface area contributed by atoms with Gasteiger partial charge in [-0.1, -0.05) is 0 Å². The topological polar surface area (TPSA) is 49.8 Å². The Balaban J connectivity index is 1.89. The fourth-order valence-electron chi connectivity index (χ4n) is 2.60. The molecule has 2 aliphatic rings. The number of hydrogen-bond acceptors (Lipinski definition) is 4. The summed E-state index contributed by atoms with van der Waals surface area (Å²) < 4.78 is 5.48. The molecule has 1 aliphatic carbocycles. The van der Waals surface area contributed by atoms with E-state index < -0.39 is 0 Å². The molecule has 0 aromatic heterocycles. The van der Waals surface area contributed by atoms with Crippen LogP contribution in [0.5, 0.6) is 0 Å². The largest absolute Gasteiger partial charge is 0.394 e. The summed E-state index contributed by atoms with van der Waals surface area (Å²) in [6.07, 6.45) is 2.76. The first-order valence-electron chi connectivity index (χ1n) is 6.20. The fraction of sp³-hybridized carbons (Fsp3) is 0.917. The summed E-state index contributed by atoms with van der Waals surface area (Å²) in [7, 11) is 0. The Labute approximate surface area is 96.6 Å². The molecule has 1 saturated carbocycles. The van der Waals surface area contributed by atoms with E-state index in [2.05, 4.69) is 11.8 Å². The van der Waals surface area contributed by atoms with Gasteiger partial charge in [0, 0.05) is 31.5 Å². The highest BCUT2D eigenvalue weighted by Gasteiger charge is 2.31. The molecule has 4 nitrogen and oxygen atoms in total. The molecular formula is C12H21NO3. The van der Waals surface area contributed by atoms with Crippen molar-refractivity contribution in [1.82, 2.24) is 4.90 Å². The normalized spacial score (nSPS) is 36.9. The molecule has 1 saturated heterocycles. The van der Waals surface area contributed by atoms with Crippen molar-refractivity contribution < 1.29 is 14.6 Å². The van der Waals surface area contributed by atoms with E-state index in [-0.39, 0.29) is 18.6 Å². The minimum Gasteiger partial charge on any atom is -0.394 e. The molecule has 1 N–H and O–H groups in total. The van der Waals surface area contributed by atoms with Gasteiger partial charge in [0.25, 0.3) is 0 Å². The van der Waals surface area contributed by atoms with Gasteiger partial charge in [-0.15, -0.1) is 0 Å². The van der Waals surface area contributed by atoms with Gasteiger partial charge < -0.3 is 9.84 Å². The quantitative estimate of drug-likeness (QED) is 0.760. The lowest BCUT2D eigenvalue weighted by Crippen LogP contribution is -2.51. The van der Waals surface area contributed by atoms with E-state index in [1.165, 1.54) is 0 Å². The van der Waals surface area contributed by atoms with Crippen LogP contribution in [-0.2, 0) is 9.53 Å². The minimum absolute atomic E-state index is 0.0713. The van der Waals surface area contributed by atoms with Crippen molar-refractivity contribution in [2.24, 2.45) is 5.92 Å². The summed E-state index contributed by atoms with van der Waals surface area (Å²) in [5.41, 5.74) is 0. The average molecular weight is 227 g/mol. The van der Waals surface area contributed by atoms with Crippen molar-refractivity contribution in [1.29, 1.82) is 0 Å². The van der Waals surface area contributed by atoms with Gasteiger partial charge in [0.2, 0.25) is 0 Å². The molecule has 3 atom stereocenters. The summed E-state index contributed by atoms with van der Waals surface area (Å²) in [4.78, 5) is 13.9. The Morgan fingerprint density at radius 3 is 3.00 bits per heavy atom. The highest BCUT2D eigenvalue weighted by atomic mass is 16.5. The molecule has 0 bridgehead atoms. The first-order chi connectivity index (χ1) is 7.70. The Bertz CT molecular complexity index is 257. The van der Waals surface area contributed by atoms with Crippen LogP contribution >= 0.6 is 0 Å². The Morgan fingerprint density at radius 1 is 1.56 bits per heavy atom. The van der Waals surface area contributed by atoms with Crippen molar-refractivity contribution >= 4 is 5.78 Å². The molecule has 16 heavy (non-hydrogen) atoms. The maximum atomic E-state index is 11.6. The third-order valence-corrected chi connectivity index (χ3v) is 3.72. The molecule has 0 aromatic rings. The summed E-state index contributed by atoms with van der Waals surface area (Å²) in [6.45, 7) is 4.45. The SMILES string of the molecule is CC1COC(CO)CN1CC1CCCC1=O. The van der Waals surface area contributed by atoms with Gasteiger partial charge in [0.15, 0.2) is 0 Å². The number of rotatable bonds is 3. The second kappa shape index (κ2) is 5.25. The number of carbonyl (C=O) groups is 1. The summed E-state index contributed by atoms with van der Waals surface area (Å²) in [5, 5.41) is 9.09. The van der Waals surface area contributed by atoms with Crippen LogP contribution in [0.4, 0.5) is 0 Å². The Hall–Kier alpha value is -0.450. The molecule has 0 spiro atoms. The van der Waals surface area contributed by atoms with Crippen molar-refractivity contribution in [2.45, 2.75) is 38.3 Å². The first kappa shape index (κ1) is 12.0. The molecule has 92 valence electrons. The minimum atomic E-state index is -0.0762. The lowest BCUT2D eigenvalue weighted by Gasteiger charge is -2.38. The van der Waals surface area contributed by atoms with Gasteiger partial charge in [-0.2, -0.15) is 0 Å². The van der Waals surface area contributed by atoms with Gasteiger partial charge in [-0.25, -0.2) is 0 Å². The molecule has 4 heteroatoms. The number of Topliss-reactive ketones (excluding diaryl/α,β-unsaturated/α-hetero) is 1. The molecule has 1 heterocycles. The molecule has 1 aliphatic heterocycles. The average Bonchev–Trinajstić information content (AvgIpc) is 2.68. The number of aliphatic hydroxyl groups excluding tert-OH is 1. The molecule has 2 fully saturated rings. The van der Waals surface area contributed by atoms with E-state index in [1.54, 1.807) is 0 Å². The lowest BCUT2D eigenvalue weighted by molar-refractivity contribution is -0.123. The second-order valence-corrected chi connectivity index (χ2v) is 5.00. The zero-order chi connectivity index (χ0) is 11.5. The van der Waals surface area contributed by atoms with E-state index in [9.17, 15) is 4.79 Å². The number of carbonyl (C=O) groups excluding carboxylic acids is 1. The fourth-order valence-corrected chi connectivity index (χ4v) is 2.60. The zero-order valence-electron chi connectivity index (χ0n) is 9.89. The Morgan fingerprint density at radius 2 is 2.38 bits per heavy atom. The van der Waals surface area contributed by atoms with Crippen LogP contribution in [0.15, 0.2) is 0 Å². The van der Waals surface area contributed by atoms with E-state index >= 15 is 0 Å². The number of morpholine rings is 1. The summed E-state index contributed by atoms with van der Waals surface area (Å²) in [5.74, 6) is 0.638. The van der Waals surface area contributed by atoms with E-state index in [1.807, 2.05) is 0 Å². The zero-order valence-corrected chi connectivity index (χ0v) is 9.89. The number of ether oxygens (including phenoxy) is 1. The third-order valence-electron chi connectivity index (χ3n) is 3.72. The molecule has 0 amide bonds. The number of hydrogen-bond donors (Lipinski definition) is 1. The van der Waals surface area contributed by atoms with E-state index in [0.29, 0.717) is 18.4 Å². The van der Waals surface area contributed by atoms with Crippen molar-refractivity contribution in [3.8, 4) is 0 Å². The maximum absolute atomic E-state index is 11.6. The number of aliphatic hydroxyl groups is 1. The first-order valence-corrected chi connectivity index (χ1v) is 6.20. The van der Waals surface area contributed by atoms with Crippen molar-refractivity contribution in [2.75, 3.05) is 26.3 Å². The van der Waals surface area contributed by atoms with E-state index in [0.717, 1.165) is 32.4 Å². The van der Waals surface area contributed by atoms with Crippen LogP contribution in [-0.4, -0.2) is 54.2 Å². The predicted octanol–water partition coefficient (Wildman–Crippen LogP) is 0.437. The van der Waals surface area contributed by atoms with Crippen molar-refractivity contribution in [3.63, 3.8) is 0 Å². The molecule has 0 radical (unpaired) electrons. The van der Waals surface area contributed by atoms with Crippen LogP contribution in [0.3, 0.4) is 0 Å². The van der Waals surface area contributed by atoms with Crippen LogP contribution < -0.4 is 0 Å². The maximum Gasteiger partial charge on any atom is 0.137 e. The van der Waals surface area contributed by atoms with Crippen molar-refractivity contribution in [3.05, 3.63) is 0 Å². The highest BCUT2D eigenvalue weighted by Crippen LogP contribution is 2.24. The number of nitrogens with zero attached hydrogens (tertiary/aromatic N) is 1. The van der Waals surface area contributed by atoms with Crippen LogP contribution in [0, 0.1) is 5.92 Å². The monoisotopic (exact) mass is 227 g/mol. The Kier molecular flexibility index (Phi) is 3.95. The van der Waals surface area contributed by atoms with Gasteiger partial charge in [0.05, 0.1) is 19.3 Å². The molecular weight excluding hydrogens is 206 g/mol. The number of ketones is 1. The van der Waals surface area contributed by atoms with Gasteiger partial charge in [0.1, 0.15) is 5.78 Å². The van der Waals surface area contributed by atoms with Gasteiger partial charge in [-0.3, -0.25) is 9.69 Å². The van der Waals surface area contributed by atoms with Crippen LogP contribution in [0.2, 0.25) is 0 Å². The summed E-state index contributed by atoms with van der Waals surface area (Å²) in [6, 6.07) is 0.358. The predicted molar refractivity (Wildman–Crippen MR) is 60.2 cm³/mol. The lowest BCUT2D eigenvalue weighted by atomic mass is 10.0. The van der Waals surface area contributed by atoms with Gasteiger partial charge >= 0.3 is 0 Å². The smallest absolute Gasteiger partial charge is 0.137 e. The standard InChI is InChI=1S/C12H21NO3/c1-9-8-16-11(7-14)6-13(9)5-10-3-2-4-12(10)15/h9-11,14H,2-8H2,1H3. The van der Waals surface area contributed by atoms with Crippen LogP contribution in [0.1, 0.15) is 26.2 Å². The summed E-state index contributed by atoms with van der Waals surface area (Å²) >= 11 is 0. The molecule has 3 unspecified atom stereocenters. The highest BCUT2D eigenvalue weighted by molar-refractivity contribution is 5.83. The second-order valence-electron chi connectivity index (χ2n) is 5.00. The van der Waals surface area contributed by atoms with Crippen LogP contribution in [0.25, 0.3) is 0 Å². The van der Waals surface area contributed by atoms with Gasteiger partial charge in [-0.05, 0) is 19.8 Å². The third kappa shape index (κ3) is 2.62. The van der Waals surface area contributed by atoms with E-state index in [4.69, 9.17) is 9.84 Å². The molecule has 0 aromatic carbocycles.